The van der Waals surface area contributed by atoms with E-state index in [9.17, 15) is 29.0 Å². The van der Waals surface area contributed by atoms with Crippen molar-refractivity contribution in [2.45, 2.75) is 6.54 Å². The standard InChI is InChI=1S/C16H9FN2O5/c17-8-2-3-9-10(5-8)15(23)19(14(9)22)18-6-7-1-4-11(20)13(21)12(7)16(18)24/h1-5,20-21H,6H2. The molecule has 0 bridgehead atoms. The summed E-state index contributed by atoms with van der Waals surface area (Å²) in [6.07, 6.45) is 0. The molecular weight excluding hydrogens is 319 g/mol. The van der Waals surface area contributed by atoms with Gasteiger partial charge in [0.05, 0.1) is 23.2 Å². The Balaban J connectivity index is 1.77. The molecule has 0 saturated heterocycles. The van der Waals surface area contributed by atoms with Crippen LogP contribution in [-0.2, 0) is 6.54 Å². The van der Waals surface area contributed by atoms with Gasteiger partial charge in [-0.3, -0.25) is 14.4 Å². The number of aromatic hydroxyl groups is 2. The quantitative estimate of drug-likeness (QED) is 0.609. The number of phenolic OH excluding ortho intramolecular Hbond substituents is 2. The lowest BCUT2D eigenvalue weighted by molar-refractivity contribution is 0.00475. The van der Waals surface area contributed by atoms with Crippen LogP contribution < -0.4 is 0 Å². The Morgan fingerprint density at radius 1 is 0.917 bits per heavy atom. The maximum atomic E-state index is 13.3. The Morgan fingerprint density at radius 2 is 1.62 bits per heavy atom. The largest absolute Gasteiger partial charge is 0.504 e. The first-order chi connectivity index (χ1) is 11.4. The van der Waals surface area contributed by atoms with Gasteiger partial charge in [-0.05, 0) is 29.8 Å². The molecule has 0 fully saturated rings. The summed E-state index contributed by atoms with van der Waals surface area (Å²) < 4.78 is 13.3. The number of hydrogen-bond acceptors (Lipinski definition) is 5. The van der Waals surface area contributed by atoms with Crippen molar-refractivity contribution in [3.8, 4) is 11.5 Å². The molecule has 0 atom stereocenters. The molecular formula is C16H9FN2O5. The zero-order chi connectivity index (χ0) is 17.2. The average molecular weight is 328 g/mol. The van der Waals surface area contributed by atoms with E-state index in [4.69, 9.17) is 0 Å². The first kappa shape index (κ1) is 14.2. The van der Waals surface area contributed by atoms with Gasteiger partial charge < -0.3 is 10.2 Å². The number of fused-ring (bicyclic) bond motifs is 2. The van der Waals surface area contributed by atoms with Gasteiger partial charge in [-0.2, -0.15) is 5.01 Å². The van der Waals surface area contributed by atoms with E-state index in [1.165, 1.54) is 18.2 Å². The second-order valence-corrected chi connectivity index (χ2v) is 5.44. The highest BCUT2D eigenvalue weighted by molar-refractivity contribution is 6.22. The Morgan fingerprint density at radius 3 is 2.38 bits per heavy atom. The van der Waals surface area contributed by atoms with Gasteiger partial charge >= 0.3 is 0 Å². The molecule has 120 valence electrons. The van der Waals surface area contributed by atoms with Gasteiger partial charge in [0.2, 0.25) is 0 Å². The monoisotopic (exact) mass is 328 g/mol. The average Bonchev–Trinajstić information content (AvgIpc) is 2.99. The van der Waals surface area contributed by atoms with Crippen molar-refractivity contribution in [1.82, 2.24) is 10.0 Å². The van der Waals surface area contributed by atoms with Crippen LogP contribution in [0.2, 0.25) is 0 Å². The van der Waals surface area contributed by atoms with Crippen LogP contribution >= 0.6 is 0 Å². The number of nitrogens with zero attached hydrogens (tertiary/aromatic N) is 2. The Labute approximate surface area is 134 Å². The number of hydrogen-bond donors (Lipinski definition) is 2. The number of phenols is 2. The van der Waals surface area contributed by atoms with Crippen LogP contribution in [0.3, 0.4) is 0 Å². The molecule has 3 amide bonds. The fourth-order valence-electron chi connectivity index (χ4n) is 2.94. The first-order valence-electron chi connectivity index (χ1n) is 6.94. The van der Waals surface area contributed by atoms with Gasteiger partial charge in [-0.15, -0.1) is 0 Å². The smallest absolute Gasteiger partial charge is 0.280 e. The third-order valence-electron chi connectivity index (χ3n) is 4.08. The van der Waals surface area contributed by atoms with Crippen LogP contribution in [0.25, 0.3) is 0 Å². The van der Waals surface area contributed by atoms with Crippen LogP contribution in [0.1, 0.15) is 36.6 Å². The van der Waals surface area contributed by atoms with Crippen molar-refractivity contribution in [1.29, 1.82) is 0 Å². The molecule has 0 aromatic heterocycles. The normalized spacial score (nSPS) is 16.0. The van der Waals surface area contributed by atoms with Crippen LogP contribution in [0.15, 0.2) is 30.3 Å². The fourth-order valence-corrected chi connectivity index (χ4v) is 2.94. The fraction of sp³-hybridized carbons (Fsp3) is 0.0625. The van der Waals surface area contributed by atoms with E-state index < -0.39 is 35.0 Å². The van der Waals surface area contributed by atoms with Gasteiger partial charge in [-0.25, -0.2) is 9.40 Å². The van der Waals surface area contributed by atoms with Gasteiger partial charge in [-0.1, -0.05) is 6.07 Å². The van der Waals surface area contributed by atoms with Crippen molar-refractivity contribution in [2.24, 2.45) is 0 Å². The number of carbonyl (C=O) groups is 3. The van der Waals surface area contributed by atoms with E-state index in [0.717, 1.165) is 17.1 Å². The lowest BCUT2D eigenvalue weighted by Gasteiger charge is -2.25. The lowest BCUT2D eigenvalue weighted by atomic mass is 10.1. The van der Waals surface area contributed by atoms with Crippen molar-refractivity contribution >= 4 is 17.7 Å². The van der Waals surface area contributed by atoms with Gasteiger partial charge in [0.25, 0.3) is 17.7 Å². The molecule has 7 nitrogen and oxygen atoms in total. The van der Waals surface area contributed by atoms with E-state index in [0.29, 0.717) is 10.6 Å². The molecule has 8 heteroatoms. The summed E-state index contributed by atoms with van der Waals surface area (Å²) in [7, 11) is 0. The number of rotatable bonds is 1. The highest BCUT2D eigenvalue weighted by Crippen LogP contribution is 2.38. The van der Waals surface area contributed by atoms with Crippen LogP contribution in [0.4, 0.5) is 4.39 Å². The van der Waals surface area contributed by atoms with Crippen molar-refractivity contribution in [2.75, 3.05) is 0 Å². The molecule has 0 aliphatic carbocycles. The highest BCUT2D eigenvalue weighted by atomic mass is 19.1. The Hall–Kier alpha value is -3.42. The molecule has 2 aliphatic heterocycles. The molecule has 2 N–H and O–H groups in total. The number of imide groups is 1. The molecule has 0 radical (unpaired) electrons. The third kappa shape index (κ3) is 1.67. The number of carbonyl (C=O) groups excluding carboxylic acids is 3. The lowest BCUT2D eigenvalue weighted by Crippen LogP contribution is -2.46. The summed E-state index contributed by atoms with van der Waals surface area (Å²) in [5.41, 5.74) is 0.0591. The second-order valence-electron chi connectivity index (χ2n) is 5.44. The third-order valence-corrected chi connectivity index (χ3v) is 4.08. The second kappa shape index (κ2) is 4.54. The zero-order valence-corrected chi connectivity index (χ0v) is 12.0. The summed E-state index contributed by atoms with van der Waals surface area (Å²) in [5, 5.41) is 20.9. The van der Waals surface area contributed by atoms with E-state index in [-0.39, 0.29) is 23.2 Å². The maximum absolute atomic E-state index is 13.3. The first-order valence-corrected chi connectivity index (χ1v) is 6.94. The summed E-state index contributed by atoms with van der Waals surface area (Å²) in [6, 6.07) is 5.80. The molecule has 0 saturated carbocycles. The topological polar surface area (TPSA) is 98.2 Å². The summed E-state index contributed by atoms with van der Waals surface area (Å²) in [5.74, 6) is -4.13. The van der Waals surface area contributed by atoms with Gasteiger partial charge in [0, 0.05) is 0 Å². The number of amides is 3. The number of halogens is 1. The Bertz CT molecular complexity index is 956. The van der Waals surface area contributed by atoms with E-state index in [2.05, 4.69) is 0 Å². The summed E-state index contributed by atoms with van der Waals surface area (Å²) >= 11 is 0. The summed E-state index contributed by atoms with van der Waals surface area (Å²) in [4.78, 5) is 37.4. The van der Waals surface area contributed by atoms with E-state index in [1.807, 2.05) is 0 Å². The summed E-state index contributed by atoms with van der Waals surface area (Å²) in [6.45, 7) is -0.129. The molecule has 2 aromatic rings. The zero-order valence-electron chi connectivity index (χ0n) is 12.0. The van der Waals surface area contributed by atoms with Gasteiger partial charge in [0.15, 0.2) is 11.5 Å². The molecule has 2 aliphatic rings. The maximum Gasteiger partial charge on any atom is 0.280 e. The van der Waals surface area contributed by atoms with Crippen LogP contribution in [0.5, 0.6) is 11.5 Å². The molecule has 24 heavy (non-hydrogen) atoms. The van der Waals surface area contributed by atoms with Crippen molar-refractivity contribution < 1.29 is 29.0 Å². The minimum atomic E-state index is -0.820. The van der Waals surface area contributed by atoms with E-state index in [1.54, 1.807) is 0 Å². The molecule has 4 rings (SSSR count). The Kier molecular flexibility index (Phi) is 2.69. The van der Waals surface area contributed by atoms with Crippen LogP contribution in [-0.4, -0.2) is 38.0 Å². The van der Waals surface area contributed by atoms with Crippen LogP contribution in [0, 0.1) is 5.82 Å². The molecule has 0 unspecified atom stereocenters. The van der Waals surface area contributed by atoms with Gasteiger partial charge in [0.1, 0.15) is 5.82 Å². The predicted molar refractivity (Wildman–Crippen MR) is 76.5 cm³/mol. The molecule has 0 spiro atoms. The highest BCUT2D eigenvalue weighted by Gasteiger charge is 2.45. The van der Waals surface area contributed by atoms with Crippen molar-refractivity contribution in [3.05, 3.63) is 58.4 Å². The predicted octanol–water partition coefficient (Wildman–Crippen LogP) is 1.40. The van der Waals surface area contributed by atoms with E-state index >= 15 is 0 Å². The molecule has 2 heterocycles. The number of benzene rings is 2. The molecule has 2 aromatic carbocycles. The minimum absolute atomic E-state index is 0.00257. The minimum Gasteiger partial charge on any atom is -0.504 e. The van der Waals surface area contributed by atoms with Crippen molar-refractivity contribution in [3.63, 3.8) is 0 Å². The SMILES string of the molecule is O=C1c2c(ccc(O)c2O)CN1N1C(=O)c2ccc(F)cc2C1=O. The number of hydrazine groups is 1.